The van der Waals surface area contributed by atoms with Crippen LogP contribution in [0.3, 0.4) is 0 Å². The van der Waals surface area contributed by atoms with E-state index in [1.54, 1.807) is 24.6 Å². The third-order valence-corrected chi connectivity index (χ3v) is 4.46. The van der Waals surface area contributed by atoms with E-state index >= 15 is 0 Å². The zero-order valence-corrected chi connectivity index (χ0v) is 16.4. The van der Waals surface area contributed by atoms with Crippen LogP contribution in [0.5, 0.6) is 0 Å². The summed E-state index contributed by atoms with van der Waals surface area (Å²) in [6, 6.07) is 8.79. The number of carbonyl (C=O) groups is 1. The van der Waals surface area contributed by atoms with Crippen LogP contribution in [-0.4, -0.2) is 30.4 Å². The molecule has 0 bridgehead atoms. The molecule has 28 heavy (non-hydrogen) atoms. The first-order valence-corrected chi connectivity index (χ1v) is 8.89. The topological polar surface area (TPSA) is 108 Å². The Labute approximate surface area is 166 Å². The molecular weight excluding hydrogens is 384 g/mol. The zero-order chi connectivity index (χ0) is 20.4. The largest absolute Gasteiger partial charge is 0.358 e. The Balaban J connectivity index is 1.77. The van der Waals surface area contributed by atoms with Gasteiger partial charge in [-0.05, 0) is 43.4 Å². The lowest BCUT2D eigenvalue weighted by Gasteiger charge is -2.07. The number of rotatable bonds is 6. The van der Waals surface area contributed by atoms with Crippen molar-refractivity contribution in [2.45, 2.75) is 33.9 Å². The van der Waals surface area contributed by atoms with Crippen LogP contribution in [0.15, 0.2) is 30.3 Å². The number of carbonyl (C=O) groups excluding carboxylic acids is 1. The van der Waals surface area contributed by atoms with Gasteiger partial charge in [0.25, 0.3) is 5.91 Å². The van der Waals surface area contributed by atoms with E-state index in [2.05, 4.69) is 15.5 Å². The van der Waals surface area contributed by atoms with E-state index in [0.717, 1.165) is 15.9 Å². The molecule has 10 heteroatoms. The number of amides is 1. The van der Waals surface area contributed by atoms with Gasteiger partial charge in [0, 0.05) is 5.02 Å². The molecule has 0 aliphatic carbocycles. The lowest BCUT2D eigenvalue weighted by atomic mass is 10.2. The molecule has 1 amide bonds. The first kappa shape index (κ1) is 19.6. The number of nitrogens with one attached hydrogen (secondary N) is 1. The van der Waals surface area contributed by atoms with Crippen LogP contribution in [0.4, 0.5) is 11.5 Å². The maximum absolute atomic E-state index is 12.4. The summed E-state index contributed by atoms with van der Waals surface area (Å²) < 4.78 is 2.85. The third kappa shape index (κ3) is 4.20. The van der Waals surface area contributed by atoms with E-state index in [-0.39, 0.29) is 12.4 Å². The van der Waals surface area contributed by atoms with Gasteiger partial charge in [-0.2, -0.15) is 5.10 Å². The summed E-state index contributed by atoms with van der Waals surface area (Å²) in [5.74, 6) is -0.641. The van der Waals surface area contributed by atoms with Crippen molar-refractivity contribution in [3.8, 4) is 0 Å². The molecule has 2 heterocycles. The minimum atomic E-state index is -0.563. The van der Waals surface area contributed by atoms with E-state index in [9.17, 15) is 14.9 Å². The lowest BCUT2D eigenvalue weighted by molar-refractivity contribution is -0.392. The summed E-state index contributed by atoms with van der Waals surface area (Å²) in [4.78, 5) is 22.9. The van der Waals surface area contributed by atoms with Crippen LogP contribution in [0.2, 0.25) is 5.02 Å². The standard InChI is InChI=1S/C18H19ClN6O3/c1-11-7-17(25(27)28)24(21-11)10-16(26)20-18-12(2)22-23(13(18)3)9-14-5-4-6-15(19)8-14/h4-8H,9-10H2,1-3H3,(H,20,26). The van der Waals surface area contributed by atoms with Crippen molar-refractivity contribution in [3.05, 3.63) is 68.1 Å². The van der Waals surface area contributed by atoms with E-state index in [1.165, 1.54) is 6.07 Å². The number of nitrogens with zero attached hydrogens (tertiary/aromatic N) is 5. The molecule has 0 aliphatic heterocycles. The highest BCUT2D eigenvalue weighted by atomic mass is 35.5. The molecule has 0 unspecified atom stereocenters. The quantitative estimate of drug-likeness (QED) is 0.503. The van der Waals surface area contributed by atoms with Gasteiger partial charge >= 0.3 is 5.82 Å². The van der Waals surface area contributed by atoms with Crippen LogP contribution in [0.25, 0.3) is 0 Å². The number of hydrogen-bond acceptors (Lipinski definition) is 5. The number of benzene rings is 1. The average Bonchev–Trinajstić information content (AvgIpc) is 3.09. The molecule has 0 radical (unpaired) electrons. The van der Waals surface area contributed by atoms with Crippen LogP contribution >= 0.6 is 11.6 Å². The fourth-order valence-corrected chi connectivity index (χ4v) is 3.16. The number of aryl methyl sites for hydroxylation is 2. The first-order valence-electron chi connectivity index (χ1n) is 8.51. The van der Waals surface area contributed by atoms with Crippen molar-refractivity contribution < 1.29 is 9.72 Å². The Morgan fingerprint density at radius 1 is 1.21 bits per heavy atom. The normalized spacial score (nSPS) is 10.9. The van der Waals surface area contributed by atoms with Crippen LogP contribution < -0.4 is 5.32 Å². The number of halogens is 1. The molecule has 0 atom stereocenters. The number of hydrogen-bond donors (Lipinski definition) is 1. The van der Waals surface area contributed by atoms with Gasteiger partial charge < -0.3 is 15.4 Å². The highest BCUT2D eigenvalue weighted by molar-refractivity contribution is 6.30. The van der Waals surface area contributed by atoms with Crippen molar-refractivity contribution in [1.29, 1.82) is 0 Å². The smallest absolute Gasteiger partial charge is 0.345 e. The Morgan fingerprint density at radius 3 is 2.64 bits per heavy atom. The highest BCUT2D eigenvalue weighted by Crippen LogP contribution is 2.22. The second-order valence-electron chi connectivity index (χ2n) is 6.44. The Bertz CT molecular complexity index is 1060. The third-order valence-electron chi connectivity index (χ3n) is 4.23. The first-order chi connectivity index (χ1) is 13.2. The summed E-state index contributed by atoms with van der Waals surface area (Å²) in [6.07, 6.45) is 0. The molecule has 3 aromatic rings. The Kier molecular flexibility index (Phi) is 5.46. The van der Waals surface area contributed by atoms with Crippen molar-refractivity contribution >= 4 is 29.0 Å². The minimum Gasteiger partial charge on any atom is -0.358 e. The fraction of sp³-hybridized carbons (Fsp3) is 0.278. The molecule has 9 nitrogen and oxygen atoms in total. The lowest BCUT2D eigenvalue weighted by Crippen LogP contribution is -2.21. The van der Waals surface area contributed by atoms with Gasteiger partial charge in [0.2, 0.25) is 0 Å². The Hall–Kier alpha value is -3.20. The fourth-order valence-electron chi connectivity index (χ4n) is 2.95. The summed E-state index contributed by atoms with van der Waals surface area (Å²) >= 11 is 6.03. The van der Waals surface area contributed by atoms with Crippen molar-refractivity contribution in [1.82, 2.24) is 19.6 Å². The van der Waals surface area contributed by atoms with Crippen LogP contribution in [0, 0.1) is 30.9 Å². The molecular formula is C18H19ClN6O3. The summed E-state index contributed by atoms with van der Waals surface area (Å²) in [5, 5.41) is 23.0. The monoisotopic (exact) mass is 402 g/mol. The number of anilines is 1. The molecule has 1 aromatic carbocycles. The SMILES string of the molecule is Cc1cc([N+](=O)[O-])n(CC(=O)Nc2c(C)nn(Cc3cccc(Cl)c3)c2C)n1. The molecule has 1 N–H and O–H groups in total. The second-order valence-corrected chi connectivity index (χ2v) is 6.88. The van der Waals surface area contributed by atoms with E-state index < -0.39 is 10.8 Å². The molecule has 3 rings (SSSR count). The molecule has 0 aliphatic rings. The van der Waals surface area contributed by atoms with E-state index in [0.29, 0.717) is 28.6 Å². The average molecular weight is 403 g/mol. The van der Waals surface area contributed by atoms with Gasteiger partial charge in [0.05, 0.1) is 35.4 Å². The molecule has 0 saturated heterocycles. The summed E-state index contributed by atoms with van der Waals surface area (Å²) in [7, 11) is 0. The van der Waals surface area contributed by atoms with Gasteiger partial charge in [-0.15, -0.1) is 4.68 Å². The predicted octanol–water partition coefficient (Wildman–Crippen LogP) is 3.25. The van der Waals surface area contributed by atoms with Gasteiger partial charge in [0.15, 0.2) is 6.54 Å². The predicted molar refractivity (Wildman–Crippen MR) is 105 cm³/mol. The maximum atomic E-state index is 12.4. The molecule has 146 valence electrons. The molecule has 0 spiro atoms. The summed E-state index contributed by atoms with van der Waals surface area (Å²) in [6.45, 7) is 5.52. The molecule has 2 aromatic heterocycles. The van der Waals surface area contributed by atoms with Gasteiger partial charge in [-0.25, -0.2) is 0 Å². The molecule has 0 fully saturated rings. The van der Waals surface area contributed by atoms with Gasteiger partial charge in [0.1, 0.15) is 0 Å². The number of aromatic nitrogens is 4. The Morgan fingerprint density at radius 2 is 1.96 bits per heavy atom. The van der Waals surface area contributed by atoms with E-state index in [4.69, 9.17) is 11.6 Å². The maximum Gasteiger partial charge on any atom is 0.345 e. The van der Waals surface area contributed by atoms with Crippen LogP contribution in [-0.2, 0) is 17.9 Å². The van der Waals surface area contributed by atoms with Gasteiger partial charge in [-0.1, -0.05) is 28.8 Å². The van der Waals surface area contributed by atoms with Crippen molar-refractivity contribution in [2.24, 2.45) is 0 Å². The van der Waals surface area contributed by atoms with E-state index in [1.807, 2.05) is 25.1 Å². The minimum absolute atomic E-state index is 0.224. The number of nitro groups is 1. The summed E-state index contributed by atoms with van der Waals surface area (Å²) in [5.41, 5.74) is 3.47. The zero-order valence-electron chi connectivity index (χ0n) is 15.6. The highest BCUT2D eigenvalue weighted by Gasteiger charge is 2.21. The van der Waals surface area contributed by atoms with Crippen molar-refractivity contribution in [3.63, 3.8) is 0 Å². The van der Waals surface area contributed by atoms with Crippen molar-refractivity contribution in [2.75, 3.05) is 5.32 Å². The van der Waals surface area contributed by atoms with Gasteiger partial charge in [-0.3, -0.25) is 9.48 Å². The second kappa shape index (κ2) is 7.81. The molecule has 0 saturated carbocycles. The van der Waals surface area contributed by atoms with Crippen LogP contribution in [0.1, 0.15) is 22.6 Å².